The van der Waals surface area contributed by atoms with E-state index in [0.29, 0.717) is 28.7 Å². The van der Waals surface area contributed by atoms with Crippen molar-refractivity contribution in [1.82, 2.24) is 10.6 Å². The van der Waals surface area contributed by atoms with Gasteiger partial charge in [-0.2, -0.15) is 0 Å². The van der Waals surface area contributed by atoms with E-state index in [0.717, 1.165) is 0 Å². The SMILES string of the molecule is CC(=O)NCCNC(=O)/C=C/c1c(Cl)cccc1Cl. The van der Waals surface area contributed by atoms with Crippen molar-refractivity contribution in [3.05, 3.63) is 39.9 Å². The van der Waals surface area contributed by atoms with Crippen LogP contribution < -0.4 is 10.6 Å². The molecular formula is C13H14Cl2N2O2. The Balaban J connectivity index is 2.48. The third-order valence-electron chi connectivity index (χ3n) is 2.20. The molecule has 2 N–H and O–H groups in total. The normalized spacial score (nSPS) is 10.5. The van der Waals surface area contributed by atoms with E-state index in [1.54, 1.807) is 24.3 Å². The number of amides is 2. The molecule has 0 fully saturated rings. The molecule has 1 rings (SSSR count). The Hall–Kier alpha value is -1.52. The summed E-state index contributed by atoms with van der Waals surface area (Å²) in [5.74, 6) is -0.408. The van der Waals surface area contributed by atoms with Crippen LogP contribution in [0.1, 0.15) is 12.5 Å². The van der Waals surface area contributed by atoms with Crippen LogP contribution in [0.25, 0.3) is 6.08 Å². The summed E-state index contributed by atoms with van der Waals surface area (Å²) in [4.78, 5) is 22.1. The Labute approximate surface area is 121 Å². The lowest BCUT2D eigenvalue weighted by Gasteiger charge is -2.03. The highest BCUT2D eigenvalue weighted by Crippen LogP contribution is 2.25. The van der Waals surface area contributed by atoms with Crippen molar-refractivity contribution in [2.45, 2.75) is 6.92 Å². The maximum atomic E-state index is 11.5. The van der Waals surface area contributed by atoms with E-state index in [-0.39, 0.29) is 11.8 Å². The van der Waals surface area contributed by atoms with Crippen molar-refractivity contribution in [1.29, 1.82) is 0 Å². The summed E-state index contributed by atoms with van der Waals surface area (Å²) >= 11 is 11.9. The third-order valence-corrected chi connectivity index (χ3v) is 2.86. The summed E-state index contributed by atoms with van der Waals surface area (Å²) in [5.41, 5.74) is 0.600. The van der Waals surface area contributed by atoms with Crippen molar-refractivity contribution >= 4 is 41.1 Å². The monoisotopic (exact) mass is 300 g/mol. The topological polar surface area (TPSA) is 58.2 Å². The van der Waals surface area contributed by atoms with Gasteiger partial charge in [-0.3, -0.25) is 9.59 Å². The fourth-order valence-electron chi connectivity index (χ4n) is 1.31. The van der Waals surface area contributed by atoms with Gasteiger partial charge in [-0.25, -0.2) is 0 Å². The number of carbonyl (C=O) groups is 2. The number of carbonyl (C=O) groups excluding carboxylic acids is 2. The van der Waals surface area contributed by atoms with Crippen LogP contribution in [0.3, 0.4) is 0 Å². The van der Waals surface area contributed by atoms with Crippen molar-refractivity contribution in [3.8, 4) is 0 Å². The van der Waals surface area contributed by atoms with Crippen molar-refractivity contribution in [2.24, 2.45) is 0 Å². The standard InChI is InChI=1S/C13H14Cl2N2O2/c1-9(18)16-7-8-17-13(19)6-5-10-11(14)3-2-4-12(10)15/h2-6H,7-8H2,1H3,(H,16,18)(H,17,19)/b6-5+. The number of hydrogen-bond acceptors (Lipinski definition) is 2. The highest BCUT2D eigenvalue weighted by atomic mass is 35.5. The smallest absolute Gasteiger partial charge is 0.244 e. The molecule has 0 atom stereocenters. The first-order valence-corrected chi connectivity index (χ1v) is 6.40. The zero-order valence-electron chi connectivity index (χ0n) is 10.4. The minimum atomic E-state index is -0.277. The summed E-state index contributed by atoms with van der Waals surface area (Å²) in [5, 5.41) is 6.16. The minimum absolute atomic E-state index is 0.132. The van der Waals surface area contributed by atoms with E-state index in [1.807, 2.05) is 0 Å². The minimum Gasteiger partial charge on any atom is -0.355 e. The van der Waals surface area contributed by atoms with Crippen LogP contribution >= 0.6 is 23.2 Å². The Bertz CT molecular complexity index is 481. The van der Waals surface area contributed by atoms with Crippen molar-refractivity contribution < 1.29 is 9.59 Å². The summed E-state index contributed by atoms with van der Waals surface area (Å²) in [7, 11) is 0. The quantitative estimate of drug-likeness (QED) is 0.647. The number of nitrogens with one attached hydrogen (secondary N) is 2. The average molecular weight is 301 g/mol. The van der Waals surface area contributed by atoms with Gasteiger partial charge in [0, 0.05) is 41.7 Å². The summed E-state index contributed by atoms with van der Waals surface area (Å²) in [6, 6.07) is 5.12. The van der Waals surface area contributed by atoms with E-state index in [2.05, 4.69) is 10.6 Å². The lowest BCUT2D eigenvalue weighted by Crippen LogP contribution is -2.32. The highest BCUT2D eigenvalue weighted by Gasteiger charge is 2.02. The molecule has 102 valence electrons. The lowest BCUT2D eigenvalue weighted by molar-refractivity contribution is -0.119. The van der Waals surface area contributed by atoms with Crippen LogP contribution in [0.15, 0.2) is 24.3 Å². The van der Waals surface area contributed by atoms with Crippen LogP contribution in [0, 0.1) is 0 Å². The van der Waals surface area contributed by atoms with E-state index in [4.69, 9.17) is 23.2 Å². The molecule has 0 saturated heterocycles. The Morgan fingerprint density at radius 1 is 1.16 bits per heavy atom. The first-order chi connectivity index (χ1) is 9.00. The lowest BCUT2D eigenvalue weighted by atomic mass is 10.2. The van der Waals surface area contributed by atoms with Crippen LogP contribution in [0.2, 0.25) is 10.0 Å². The zero-order chi connectivity index (χ0) is 14.3. The molecule has 6 heteroatoms. The molecule has 0 aliphatic carbocycles. The molecule has 2 amide bonds. The first-order valence-electron chi connectivity index (χ1n) is 5.65. The molecule has 0 spiro atoms. The molecule has 0 saturated carbocycles. The molecule has 0 aliphatic heterocycles. The second-order valence-electron chi connectivity index (χ2n) is 3.74. The number of rotatable bonds is 5. The molecule has 0 radical (unpaired) electrons. The Kier molecular flexibility index (Phi) is 6.39. The first kappa shape index (κ1) is 15.5. The van der Waals surface area contributed by atoms with Gasteiger partial charge in [0.05, 0.1) is 0 Å². The second kappa shape index (κ2) is 7.81. The van der Waals surface area contributed by atoms with Crippen molar-refractivity contribution in [2.75, 3.05) is 13.1 Å². The molecule has 4 nitrogen and oxygen atoms in total. The van der Waals surface area contributed by atoms with Gasteiger partial charge in [-0.1, -0.05) is 29.3 Å². The van der Waals surface area contributed by atoms with Gasteiger partial charge in [0.1, 0.15) is 0 Å². The van der Waals surface area contributed by atoms with Crippen molar-refractivity contribution in [3.63, 3.8) is 0 Å². The molecular weight excluding hydrogens is 287 g/mol. The molecule has 0 unspecified atom stereocenters. The predicted octanol–water partition coefficient (Wildman–Crippen LogP) is 2.26. The van der Waals surface area contributed by atoms with E-state index < -0.39 is 0 Å². The molecule has 0 aliphatic rings. The van der Waals surface area contributed by atoms with Gasteiger partial charge in [0.25, 0.3) is 0 Å². The Morgan fingerprint density at radius 2 is 1.74 bits per heavy atom. The summed E-state index contributed by atoms with van der Waals surface area (Å²) in [6.07, 6.45) is 2.90. The van der Waals surface area contributed by atoms with E-state index >= 15 is 0 Å². The van der Waals surface area contributed by atoms with Crippen LogP contribution in [0.4, 0.5) is 0 Å². The van der Waals surface area contributed by atoms with Gasteiger partial charge >= 0.3 is 0 Å². The number of hydrogen-bond donors (Lipinski definition) is 2. The van der Waals surface area contributed by atoms with Crippen LogP contribution in [-0.2, 0) is 9.59 Å². The number of benzene rings is 1. The maximum Gasteiger partial charge on any atom is 0.244 e. The largest absolute Gasteiger partial charge is 0.355 e. The third kappa shape index (κ3) is 5.77. The van der Waals surface area contributed by atoms with E-state index in [9.17, 15) is 9.59 Å². The zero-order valence-corrected chi connectivity index (χ0v) is 11.9. The molecule has 19 heavy (non-hydrogen) atoms. The van der Waals surface area contributed by atoms with Gasteiger partial charge in [0.15, 0.2) is 0 Å². The molecule has 0 aromatic heterocycles. The molecule has 1 aromatic rings. The van der Waals surface area contributed by atoms with Gasteiger partial charge in [0.2, 0.25) is 11.8 Å². The van der Waals surface area contributed by atoms with Gasteiger partial charge in [-0.05, 0) is 18.2 Å². The molecule has 1 aromatic carbocycles. The maximum absolute atomic E-state index is 11.5. The Morgan fingerprint density at radius 3 is 2.32 bits per heavy atom. The summed E-state index contributed by atoms with van der Waals surface area (Å²) in [6.45, 7) is 2.17. The highest BCUT2D eigenvalue weighted by molar-refractivity contribution is 6.37. The van der Waals surface area contributed by atoms with Crippen LogP contribution in [-0.4, -0.2) is 24.9 Å². The molecule has 0 heterocycles. The predicted molar refractivity (Wildman–Crippen MR) is 77.2 cm³/mol. The van der Waals surface area contributed by atoms with Gasteiger partial charge < -0.3 is 10.6 Å². The fourth-order valence-corrected chi connectivity index (χ4v) is 1.84. The molecule has 0 bridgehead atoms. The average Bonchev–Trinajstić information content (AvgIpc) is 2.34. The number of halogens is 2. The van der Waals surface area contributed by atoms with E-state index in [1.165, 1.54) is 13.0 Å². The fraction of sp³-hybridized carbons (Fsp3) is 0.231. The summed E-state index contributed by atoms with van der Waals surface area (Å²) < 4.78 is 0. The van der Waals surface area contributed by atoms with Gasteiger partial charge in [-0.15, -0.1) is 0 Å². The second-order valence-corrected chi connectivity index (χ2v) is 4.56. The van der Waals surface area contributed by atoms with Crippen LogP contribution in [0.5, 0.6) is 0 Å².